The summed E-state index contributed by atoms with van der Waals surface area (Å²) in [7, 11) is 1.65. The van der Waals surface area contributed by atoms with Gasteiger partial charge in [-0.3, -0.25) is 0 Å². The van der Waals surface area contributed by atoms with Crippen LogP contribution in [-0.2, 0) is 12.8 Å². The van der Waals surface area contributed by atoms with Crippen molar-refractivity contribution in [3.8, 4) is 28.7 Å². The lowest BCUT2D eigenvalue weighted by Gasteiger charge is -2.06. The van der Waals surface area contributed by atoms with Gasteiger partial charge in [0, 0.05) is 17.5 Å². The maximum absolute atomic E-state index is 5.98. The standard InChI is InChI=1S/C19H17N3O2/c1-3-17-21-15-6-4-5-14(15)18(22-17)19-20-11-16(24-19)12-7-9-13(23-2)10-8-12/h4,6-11H,3,5H2,1-2H3. The molecular weight excluding hydrogens is 302 g/mol. The highest BCUT2D eigenvalue weighted by Gasteiger charge is 2.20. The molecule has 1 aliphatic carbocycles. The SMILES string of the molecule is CCc1nc2c(c(-c3ncc(-c4ccc(OC)cc4)o3)n1)CC=C2. The van der Waals surface area contributed by atoms with E-state index in [1.165, 1.54) is 0 Å². The molecule has 4 rings (SSSR count). The maximum atomic E-state index is 5.98. The number of benzene rings is 1. The summed E-state index contributed by atoms with van der Waals surface area (Å²) in [4.78, 5) is 13.6. The van der Waals surface area contributed by atoms with Gasteiger partial charge in [-0.2, -0.15) is 0 Å². The van der Waals surface area contributed by atoms with Crippen LogP contribution in [0.1, 0.15) is 24.0 Å². The third-order valence-electron chi connectivity index (χ3n) is 4.08. The fourth-order valence-corrected chi connectivity index (χ4v) is 2.78. The van der Waals surface area contributed by atoms with Gasteiger partial charge < -0.3 is 9.15 Å². The van der Waals surface area contributed by atoms with Gasteiger partial charge in [0.1, 0.15) is 17.3 Å². The van der Waals surface area contributed by atoms with Gasteiger partial charge >= 0.3 is 0 Å². The van der Waals surface area contributed by atoms with Crippen molar-refractivity contribution < 1.29 is 9.15 Å². The van der Waals surface area contributed by atoms with Gasteiger partial charge in [0.15, 0.2) is 5.76 Å². The largest absolute Gasteiger partial charge is 0.497 e. The van der Waals surface area contributed by atoms with Gasteiger partial charge in [-0.1, -0.05) is 13.0 Å². The summed E-state index contributed by atoms with van der Waals surface area (Å²) in [5, 5.41) is 0. The monoisotopic (exact) mass is 319 g/mol. The number of aryl methyl sites for hydroxylation is 1. The van der Waals surface area contributed by atoms with Crippen LogP contribution in [0.15, 0.2) is 41.0 Å². The molecule has 120 valence electrons. The van der Waals surface area contributed by atoms with Crippen LogP contribution >= 0.6 is 0 Å². The molecule has 0 N–H and O–H groups in total. The highest BCUT2D eigenvalue weighted by molar-refractivity contribution is 5.68. The molecule has 0 amide bonds. The Morgan fingerprint density at radius 3 is 2.75 bits per heavy atom. The molecule has 0 unspecified atom stereocenters. The van der Waals surface area contributed by atoms with Crippen molar-refractivity contribution in [3.63, 3.8) is 0 Å². The summed E-state index contributed by atoms with van der Waals surface area (Å²) >= 11 is 0. The second-order valence-corrected chi connectivity index (χ2v) is 5.57. The number of oxazole rings is 1. The average Bonchev–Trinajstić information content (AvgIpc) is 3.30. The zero-order valence-corrected chi connectivity index (χ0v) is 13.6. The Morgan fingerprint density at radius 2 is 2.00 bits per heavy atom. The van der Waals surface area contributed by atoms with Crippen molar-refractivity contribution in [3.05, 3.63) is 53.6 Å². The minimum absolute atomic E-state index is 0.540. The van der Waals surface area contributed by atoms with Gasteiger partial charge in [0.2, 0.25) is 5.89 Å². The van der Waals surface area contributed by atoms with Gasteiger partial charge in [0.25, 0.3) is 0 Å². The van der Waals surface area contributed by atoms with Gasteiger partial charge in [-0.25, -0.2) is 15.0 Å². The van der Waals surface area contributed by atoms with Gasteiger partial charge in [-0.05, 0) is 36.8 Å². The molecule has 0 saturated carbocycles. The Kier molecular flexibility index (Phi) is 3.61. The van der Waals surface area contributed by atoms with Crippen molar-refractivity contribution in [2.75, 3.05) is 7.11 Å². The quantitative estimate of drug-likeness (QED) is 0.729. The molecule has 3 aromatic rings. The van der Waals surface area contributed by atoms with Crippen LogP contribution in [0.25, 0.3) is 29.0 Å². The van der Waals surface area contributed by atoms with E-state index in [1.807, 2.05) is 37.3 Å². The van der Waals surface area contributed by atoms with Gasteiger partial charge in [-0.15, -0.1) is 0 Å². The van der Waals surface area contributed by atoms with Crippen LogP contribution in [0.2, 0.25) is 0 Å². The van der Waals surface area contributed by atoms with Crippen LogP contribution in [0.5, 0.6) is 5.75 Å². The highest BCUT2D eigenvalue weighted by atomic mass is 16.5. The fourth-order valence-electron chi connectivity index (χ4n) is 2.78. The zero-order chi connectivity index (χ0) is 16.5. The Hall–Kier alpha value is -2.95. The van der Waals surface area contributed by atoms with Crippen LogP contribution in [0, 0.1) is 0 Å². The van der Waals surface area contributed by atoms with Crippen LogP contribution in [0.4, 0.5) is 0 Å². The van der Waals surface area contributed by atoms with E-state index in [2.05, 4.69) is 21.0 Å². The molecule has 1 aliphatic rings. The number of methoxy groups -OCH3 is 1. The molecule has 0 radical (unpaired) electrons. The minimum atomic E-state index is 0.540. The van der Waals surface area contributed by atoms with E-state index in [9.17, 15) is 0 Å². The van der Waals surface area contributed by atoms with Crippen molar-refractivity contribution >= 4 is 6.08 Å². The number of hydrogen-bond donors (Lipinski definition) is 0. The van der Waals surface area contributed by atoms with E-state index in [0.717, 1.165) is 46.9 Å². The molecule has 2 aromatic heterocycles. The zero-order valence-electron chi connectivity index (χ0n) is 13.6. The lowest BCUT2D eigenvalue weighted by Crippen LogP contribution is -2.02. The molecule has 5 nitrogen and oxygen atoms in total. The van der Waals surface area contributed by atoms with Crippen molar-refractivity contribution in [2.24, 2.45) is 0 Å². The average molecular weight is 319 g/mol. The second-order valence-electron chi connectivity index (χ2n) is 5.57. The molecule has 0 spiro atoms. The Morgan fingerprint density at radius 1 is 1.17 bits per heavy atom. The predicted octanol–water partition coefficient (Wildman–Crippen LogP) is 3.94. The van der Waals surface area contributed by atoms with E-state index in [-0.39, 0.29) is 0 Å². The fraction of sp³-hybridized carbons (Fsp3) is 0.211. The number of rotatable bonds is 4. The summed E-state index contributed by atoms with van der Waals surface area (Å²) in [6.45, 7) is 2.04. The Labute approximate surface area is 140 Å². The van der Waals surface area contributed by atoms with Crippen LogP contribution in [-0.4, -0.2) is 22.1 Å². The number of fused-ring (bicyclic) bond motifs is 1. The Bertz CT molecular complexity index is 911. The van der Waals surface area contributed by atoms with E-state index in [1.54, 1.807) is 13.3 Å². The molecule has 0 aliphatic heterocycles. The van der Waals surface area contributed by atoms with Crippen molar-refractivity contribution in [1.29, 1.82) is 0 Å². The van der Waals surface area contributed by atoms with E-state index in [0.29, 0.717) is 11.7 Å². The summed E-state index contributed by atoms with van der Waals surface area (Å²) < 4.78 is 11.2. The molecule has 5 heteroatoms. The van der Waals surface area contributed by atoms with E-state index < -0.39 is 0 Å². The molecule has 0 atom stereocenters. The maximum Gasteiger partial charge on any atom is 0.246 e. The van der Waals surface area contributed by atoms with Crippen LogP contribution in [0.3, 0.4) is 0 Å². The van der Waals surface area contributed by atoms with Crippen molar-refractivity contribution in [2.45, 2.75) is 19.8 Å². The minimum Gasteiger partial charge on any atom is -0.497 e. The summed E-state index contributed by atoms with van der Waals surface area (Å²) in [6, 6.07) is 7.71. The van der Waals surface area contributed by atoms with Crippen LogP contribution < -0.4 is 4.74 Å². The molecule has 2 heterocycles. The third-order valence-corrected chi connectivity index (χ3v) is 4.08. The first-order valence-electron chi connectivity index (χ1n) is 7.95. The summed E-state index contributed by atoms with van der Waals surface area (Å²) in [5.74, 6) is 2.87. The highest BCUT2D eigenvalue weighted by Crippen LogP contribution is 2.31. The predicted molar refractivity (Wildman–Crippen MR) is 91.6 cm³/mol. The third kappa shape index (κ3) is 2.48. The first-order chi connectivity index (χ1) is 11.8. The second kappa shape index (κ2) is 5.92. The molecule has 0 fully saturated rings. The lowest BCUT2D eigenvalue weighted by molar-refractivity contribution is 0.415. The smallest absolute Gasteiger partial charge is 0.246 e. The number of nitrogens with zero attached hydrogens (tertiary/aromatic N) is 3. The molecule has 24 heavy (non-hydrogen) atoms. The van der Waals surface area contributed by atoms with Crippen molar-refractivity contribution in [1.82, 2.24) is 15.0 Å². The Balaban J connectivity index is 1.74. The number of allylic oxidation sites excluding steroid dienone is 1. The normalized spacial score (nSPS) is 12.4. The topological polar surface area (TPSA) is 61.0 Å². The number of hydrogen-bond acceptors (Lipinski definition) is 5. The molecule has 0 bridgehead atoms. The summed E-state index contributed by atoms with van der Waals surface area (Å²) in [5.41, 5.74) is 3.80. The molecule has 1 aromatic carbocycles. The van der Waals surface area contributed by atoms with E-state index >= 15 is 0 Å². The molecule has 0 saturated heterocycles. The van der Waals surface area contributed by atoms with E-state index in [4.69, 9.17) is 9.15 Å². The lowest BCUT2D eigenvalue weighted by atomic mass is 10.1. The number of aromatic nitrogens is 3. The first-order valence-corrected chi connectivity index (χ1v) is 7.95. The summed E-state index contributed by atoms with van der Waals surface area (Å²) in [6.07, 6.45) is 7.46. The number of ether oxygens (including phenoxy) is 1. The molecular formula is C19H17N3O2. The first kappa shape index (κ1) is 14.6. The van der Waals surface area contributed by atoms with Gasteiger partial charge in [0.05, 0.1) is 19.0 Å².